The van der Waals surface area contributed by atoms with E-state index in [0.29, 0.717) is 0 Å². The molecule has 1 N–H and O–H groups in total. The van der Waals surface area contributed by atoms with Gasteiger partial charge in [0, 0.05) is 12.4 Å². The molecule has 2 aliphatic heterocycles. The van der Waals surface area contributed by atoms with Crippen molar-refractivity contribution in [1.82, 2.24) is 5.43 Å². The molecule has 4 nitrogen and oxygen atoms in total. The van der Waals surface area contributed by atoms with Gasteiger partial charge >= 0.3 is 0 Å². The van der Waals surface area contributed by atoms with Crippen molar-refractivity contribution in [2.75, 3.05) is 0 Å². The van der Waals surface area contributed by atoms with Crippen molar-refractivity contribution in [3.05, 3.63) is 35.8 Å². The Balaban J connectivity index is 2.44. The number of nitrogens with one attached hydrogen (secondary N) is 1. The predicted molar refractivity (Wildman–Crippen MR) is 41.8 cm³/mol. The molecule has 0 aliphatic carbocycles. The average Bonchev–Trinajstić information content (AvgIpc) is 2.28. The Morgan fingerprint density at radius 1 is 1.27 bits per heavy atom. The summed E-state index contributed by atoms with van der Waals surface area (Å²) in [5.41, 5.74) is 4.51. The zero-order valence-corrected chi connectivity index (χ0v) is 5.73. The Morgan fingerprint density at radius 3 is 3.27 bits per heavy atom. The van der Waals surface area contributed by atoms with Crippen LogP contribution in [0.1, 0.15) is 0 Å². The van der Waals surface area contributed by atoms with Crippen LogP contribution >= 0.6 is 0 Å². The molecule has 0 fully saturated rings. The second kappa shape index (κ2) is 2.49. The van der Waals surface area contributed by atoms with E-state index < -0.39 is 0 Å². The Labute approximate surface area is 63.7 Å². The molecule has 0 radical (unpaired) electrons. The lowest BCUT2D eigenvalue weighted by molar-refractivity contribution is 0.879. The van der Waals surface area contributed by atoms with E-state index in [1.807, 2.05) is 12.2 Å². The molecule has 0 aromatic heterocycles. The molecule has 0 unspecified atom stereocenters. The number of hydrogen-bond acceptors (Lipinski definition) is 4. The van der Waals surface area contributed by atoms with E-state index in [2.05, 4.69) is 20.8 Å². The maximum Gasteiger partial charge on any atom is 0.112 e. The third-order valence-corrected chi connectivity index (χ3v) is 1.35. The minimum absolute atomic E-state index is 0.810. The first kappa shape index (κ1) is 6.03. The molecular weight excluding hydrogens is 140 g/mol. The molecule has 2 heterocycles. The number of rotatable bonds is 0. The Kier molecular flexibility index (Phi) is 1.37. The molecule has 0 aromatic rings. The Hall–Kier alpha value is -1.71. The van der Waals surface area contributed by atoms with Crippen molar-refractivity contribution in [2.45, 2.75) is 0 Å². The highest BCUT2D eigenvalue weighted by Gasteiger charge is 2.05. The van der Waals surface area contributed by atoms with Crippen LogP contribution in [0.15, 0.2) is 51.2 Å². The van der Waals surface area contributed by atoms with Gasteiger partial charge in [0.05, 0.1) is 5.70 Å². The fraction of sp³-hybridized carbons (Fsp3) is 0. The van der Waals surface area contributed by atoms with Gasteiger partial charge < -0.3 is 0 Å². The molecule has 0 saturated heterocycles. The van der Waals surface area contributed by atoms with Crippen molar-refractivity contribution in [2.24, 2.45) is 15.3 Å². The molecule has 4 heteroatoms. The summed E-state index contributed by atoms with van der Waals surface area (Å²) in [5, 5.41) is 11.5. The lowest BCUT2D eigenvalue weighted by atomic mass is 10.3. The van der Waals surface area contributed by atoms with Crippen molar-refractivity contribution in [1.29, 1.82) is 0 Å². The molecule has 2 aliphatic rings. The predicted octanol–water partition coefficient (Wildman–Crippen LogP) is 1.32. The first-order chi connectivity index (χ1) is 5.47. The molecule has 0 atom stereocenters. The minimum Gasteiger partial charge on any atom is -0.276 e. The number of nitrogens with zero attached hydrogens (tertiary/aromatic N) is 3. The van der Waals surface area contributed by atoms with Gasteiger partial charge in [0.25, 0.3) is 0 Å². The highest BCUT2D eigenvalue weighted by molar-refractivity contribution is 5.75. The van der Waals surface area contributed by atoms with E-state index in [9.17, 15) is 0 Å². The van der Waals surface area contributed by atoms with Gasteiger partial charge in [-0.25, -0.2) is 0 Å². The van der Waals surface area contributed by atoms with Crippen LogP contribution in [0.3, 0.4) is 0 Å². The quantitative estimate of drug-likeness (QED) is 0.550. The van der Waals surface area contributed by atoms with E-state index in [1.165, 1.54) is 0 Å². The normalized spacial score (nSPS) is 19.6. The van der Waals surface area contributed by atoms with E-state index in [4.69, 9.17) is 0 Å². The summed E-state index contributed by atoms with van der Waals surface area (Å²) in [7, 11) is 0. The van der Waals surface area contributed by atoms with Crippen LogP contribution in [-0.4, -0.2) is 6.21 Å². The first-order valence-electron chi connectivity index (χ1n) is 3.24. The van der Waals surface area contributed by atoms with Crippen molar-refractivity contribution >= 4 is 6.21 Å². The van der Waals surface area contributed by atoms with Crippen molar-refractivity contribution in [3.8, 4) is 0 Å². The van der Waals surface area contributed by atoms with E-state index >= 15 is 0 Å². The summed E-state index contributed by atoms with van der Waals surface area (Å²) < 4.78 is 0. The van der Waals surface area contributed by atoms with Crippen LogP contribution in [0.25, 0.3) is 0 Å². The van der Waals surface area contributed by atoms with Crippen LogP contribution in [0, 0.1) is 0 Å². The van der Waals surface area contributed by atoms with Gasteiger partial charge in [0.15, 0.2) is 0 Å². The van der Waals surface area contributed by atoms with E-state index in [0.717, 1.165) is 11.4 Å². The Morgan fingerprint density at radius 2 is 2.27 bits per heavy atom. The summed E-state index contributed by atoms with van der Waals surface area (Å²) >= 11 is 0. The largest absolute Gasteiger partial charge is 0.276 e. The van der Waals surface area contributed by atoms with Crippen molar-refractivity contribution < 1.29 is 0 Å². The summed E-state index contributed by atoms with van der Waals surface area (Å²) in [6.07, 6.45) is 8.78. The lowest BCUT2D eigenvalue weighted by Gasteiger charge is -2.06. The zero-order valence-electron chi connectivity index (χ0n) is 5.73. The number of azo groups is 1. The van der Waals surface area contributed by atoms with Crippen LogP contribution < -0.4 is 5.43 Å². The van der Waals surface area contributed by atoms with Crippen LogP contribution in [0.2, 0.25) is 0 Å². The third kappa shape index (κ3) is 1.10. The van der Waals surface area contributed by atoms with E-state index in [-0.39, 0.29) is 0 Å². The molecule has 0 bridgehead atoms. The maximum atomic E-state index is 3.92. The van der Waals surface area contributed by atoms with E-state index in [1.54, 1.807) is 18.5 Å². The molecular formula is C7H6N4. The molecule has 0 spiro atoms. The second-order valence-corrected chi connectivity index (χ2v) is 2.08. The minimum atomic E-state index is 0.810. The summed E-state index contributed by atoms with van der Waals surface area (Å²) in [5.74, 6) is 0. The van der Waals surface area contributed by atoms with Crippen molar-refractivity contribution in [3.63, 3.8) is 0 Å². The van der Waals surface area contributed by atoms with Gasteiger partial charge in [-0.3, -0.25) is 5.43 Å². The van der Waals surface area contributed by atoms with Gasteiger partial charge in [0.1, 0.15) is 5.70 Å². The zero-order chi connectivity index (χ0) is 7.52. The monoisotopic (exact) mass is 146 g/mol. The standard InChI is InChI=1S/C7H6N4/c1-2-6-7(11-8-4-1)3-5-9-10-6/h1-5,10H. The molecule has 54 valence electrons. The van der Waals surface area contributed by atoms with Crippen LogP contribution in [0.4, 0.5) is 0 Å². The lowest BCUT2D eigenvalue weighted by Crippen LogP contribution is -2.10. The second-order valence-electron chi connectivity index (χ2n) is 2.08. The van der Waals surface area contributed by atoms with Crippen LogP contribution in [-0.2, 0) is 0 Å². The average molecular weight is 146 g/mol. The molecule has 0 amide bonds. The summed E-state index contributed by atoms with van der Waals surface area (Å²) in [6.45, 7) is 0. The molecule has 11 heavy (non-hydrogen) atoms. The topological polar surface area (TPSA) is 49.1 Å². The maximum absolute atomic E-state index is 3.92. The number of hydrogen-bond donors (Lipinski definition) is 1. The van der Waals surface area contributed by atoms with Gasteiger partial charge in [-0.05, 0) is 18.2 Å². The summed E-state index contributed by atoms with van der Waals surface area (Å²) in [6, 6.07) is 0. The molecule has 2 rings (SSSR count). The SMILES string of the molecule is C1=CN=NC2=CC=NNC2=C1. The van der Waals surface area contributed by atoms with Gasteiger partial charge in [-0.1, -0.05) is 0 Å². The van der Waals surface area contributed by atoms with Gasteiger partial charge in [0.2, 0.25) is 0 Å². The van der Waals surface area contributed by atoms with Gasteiger partial charge in [-0.2, -0.15) is 10.2 Å². The van der Waals surface area contributed by atoms with Gasteiger partial charge in [-0.15, -0.1) is 5.11 Å². The number of fused-ring (bicyclic) bond motifs is 1. The highest BCUT2D eigenvalue weighted by Crippen LogP contribution is 2.13. The fourth-order valence-corrected chi connectivity index (χ4v) is 0.845. The third-order valence-electron chi connectivity index (χ3n) is 1.35. The van der Waals surface area contributed by atoms with Crippen LogP contribution in [0.5, 0.6) is 0 Å². The number of hydrazone groups is 1. The fourth-order valence-electron chi connectivity index (χ4n) is 0.845. The smallest absolute Gasteiger partial charge is 0.112 e. The highest BCUT2D eigenvalue weighted by atomic mass is 15.3. The molecule has 0 aromatic carbocycles. The first-order valence-corrected chi connectivity index (χ1v) is 3.24. The Bertz CT molecular complexity index is 306. The number of allylic oxidation sites excluding steroid dienone is 3. The summed E-state index contributed by atoms with van der Waals surface area (Å²) in [4.78, 5) is 0. The molecule has 0 saturated carbocycles.